The van der Waals surface area contributed by atoms with E-state index in [-0.39, 0.29) is 5.76 Å². The summed E-state index contributed by atoms with van der Waals surface area (Å²) in [5, 5.41) is 4.15. The van der Waals surface area contributed by atoms with E-state index in [1.165, 1.54) is 0 Å². The Balaban J connectivity index is 2.74. The number of alkyl halides is 2. The average molecular weight is 194 g/mol. The standard InChI is InChI=1S/C5H5BrFNO/c6-2-4-1-5(3-7)9-8-4/h1H,2-3H2. The smallest absolute Gasteiger partial charge is 0.168 e. The van der Waals surface area contributed by atoms with E-state index in [4.69, 9.17) is 0 Å². The first kappa shape index (κ1) is 6.74. The Hall–Kier alpha value is -0.380. The zero-order valence-electron chi connectivity index (χ0n) is 4.60. The van der Waals surface area contributed by atoms with Gasteiger partial charge in [-0.05, 0) is 0 Å². The Morgan fingerprint density at radius 1 is 1.78 bits per heavy atom. The van der Waals surface area contributed by atoms with Crippen molar-refractivity contribution in [1.82, 2.24) is 5.16 Å². The maximum atomic E-state index is 11.7. The second-order valence-corrected chi connectivity index (χ2v) is 2.11. The Morgan fingerprint density at radius 3 is 2.89 bits per heavy atom. The van der Waals surface area contributed by atoms with Crippen LogP contribution in [-0.2, 0) is 12.0 Å². The van der Waals surface area contributed by atoms with Gasteiger partial charge in [-0.3, -0.25) is 0 Å². The van der Waals surface area contributed by atoms with E-state index in [0.29, 0.717) is 5.33 Å². The zero-order chi connectivity index (χ0) is 6.69. The summed E-state index contributed by atoms with van der Waals surface area (Å²) in [5.41, 5.74) is 0.725. The van der Waals surface area contributed by atoms with Crippen LogP contribution in [0.2, 0.25) is 0 Å². The molecule has 0 aliphatic carbocycles. The van der Waals surface area contributed by atoms with E-state index < -0.39 is 6.67 Å². The number of halogens is 2. The van der Waals surface area contributed by atoms with Gasteiger partial charge < -0.3 is 4.52 Å². The van der Waals surface area contributed by atoms with Crippen molar-refractivity contribution in [2.75, 3.05) is 0 Å². The van der Waals surface area contributed by atoms with Crippen molar-refractivity contribution in [1.29, 1.82) is 0 Å². The highest BCUT2D eigenvalue weighted by Gasteiger charge is 1.99. The summed E-state index contributed by atoms with van der Waals surface area (Å²) in [6.45, 7) is -0.583. The van der Waals surface area contributed by atoms with Gasteiger partial charge in [0.1, 0.15) is 6.67 Å². The van der Waals surface area contributed by atoms with E-state index in [0.717, 1.165) is 5.69 Å². The van der Waals surface area contributed by atoms with Crippen LogP contribution in [0.4, 0.5) is 4.39 Å². The Labute approximate surface area is 60.2 Å². The molecule has 50 valence electrons. The fraction of sp³-hybridized carbons (Fsp3) is 0.400. The van der Waals surface area contributed by atoms with Crippen molar-refractivity contribution in [3.63, 3.8) is 0 Å². The third-order valence-corrected chi connectivity index (χ3v) is 1.45. The number of nitrogens with zero attached hydrogens (tertiary/aromatic N) is 1. The Kier molecular flexibility index (Phi) is 2.22. The minimum atomic E-state index is -0.583. The van der Waals surface area contributed by atoms with Crippen LogP contribution in [0.5, 0.6) is 0 Å². The fourth-order valence-corrected chi connectivity index (χ4v) is 0.746. The van der Waals surface area contributed by atoms with Crippen molar-refractivity contribution in [2.45, 2.75) is 12.0 Å². The molecule has 9 heavy (non-hydrogen) atoms. The molecule has 0 saturated heterocycles. The van der Waals surface area contributed by atoms with Crippen LogP contribution >= 0.6 is 15.9 Å². The van der Waals surface area contributed by atoms with E-state index in [1.54, 1.807) is 6.07 Å². The summed E-state index contributed by atoms with van der Waals surface area (Å²) in [6.07, 6.45) is 0. The minimum absolute atomic E-state index is 0.282. The van der Waals surface area contributed by atoms with E-state index in [9.17, 15) is 4.39 Å². The number of hydrogen-bond donors (Lipinski definition) is 0. The molecule has 0 amide bonds. The van der Waals surface area contributed by atoms with Crippen molar-refractivity contribution in [3.05, 3.63) is 17.5 Å². The van der Waals surface area contributed by atoms with Gasteiger partial charge in [0.05, 0.1) is 5.69 Å². The normalized spacial score (nSPS) is 10.0. The average Bonchev–Trinajstić information content (AvgIpc) is 2.34. The third kappa shape index (κ3) is 1.51. The van der Waals surface area contributed by atoms with Crippen LogP contribution in [-0.4, -0.2) is 5.16 Å². The molecule has 4 heteroatoms. The van der Waals surface area contributed by atoms with Gasteiger partial charge in [-0.15, -0.1) is 0 Å². The van der Waals surface area contributed by atoms with Crippen LogP contribution < -0.4 is 0 Å². The molecule has 0 bridgehead atoms. The molecule has 0 unspecified atom stereocenters. The highest BCUT2D eigenvalue weighted by Crippen LogP contribution is 2.07. The van der Waals surface area contributed by atoms with Crippen LogP contribution in [0, 0.1) is 0 Å². The molecule has 0 aromatic carbocycles. The lowest BCUT2D eigenvalue weighted by atomic mass is 10.4. The van der Waals surface area contributed by atoms with Gasteiger partial charge in [0.2, 0.25) is 0 Å². The molecular formula is C5H5BrFNO. The molecule has 2 nitrogen and oxygen atoms in total. The summed E-state index contributed by atoms with van der Waals surface area (Å²) >= 11 is 3.16. The molecule has 0 spiro atoms. The summed E-state index contributed by atoms with van der Waals surface area (Å²) in [4.78, 5) is 0. The van der Waals surface area contributed by atoms with E-state index in [2.05, 4.69) is 25.6 Å². The quantitative estimate of drug-likeness (QED) is 0.673. The van der Waals surface area contributed by atoms with Gasteiger partial charge in [-0.2, -0.15) is 0 Å². The van der Waals surface area contributed by atoms with Gasteiger partial charge in [0, 0.05) is 11.4 Å². The van der Waals surface area contributed by atoms with Crippen molar-refractivity contribution < 1.29 is 8.91 Å². The van der Waals surface area contributed by atoms with Crippen molar-refractivity contribution in [3.8, 4) is 0 Å². The van der Waals surface area contributed by atoms with Crippen LogP contribution in [0.25, 0.3) is 0 Å². The molecule has 0 aliphatic rings. The first-order valence-electron chi connectivity index (χ1n) is 2.43. The first-order chi connectivity index (χ1) is 4.36. The monoisotopic (exact) mass is 193 g/mol. The van der Waals surface area contributed by atoms with Crippen LogP contribution in [0.15, 0.2) is 10.6 Å². The van der Waals surface area contributed by atoms with Crippen molar-refractivity contribution >= 4 is 15.9 Å². The van der Waals surface area contributed by atoms with E-state index >= 15 is 0 Å². The maximum Gasteiger partial charge on any atom is 0.168 e. The predicted molar refractivity (Wildman–Crippen MR) is 33.9 cm³/mol. The van der Waals surface area contributed by atoms with E-state index in [1.807, 2.05) is 0 Å². The molecule has 0 aliphatic heterocycles. The van der Waals surface area contributed by atoms with Gasteiger partial charge in [-0.25, -0.2) is 4.39 Å². The molecule has 1 heterocycles. The SMILES string of the molecule is FCc1cc(CBr)no1. The van der Waals surface area contributed by atoms with Crippen molar-refractivity contribution in [2.24, 2.45) is 0 Å². The van der Waals surface area contributed by atoms with Gasteiger partial charge in [0.15, 0.2) is 5.76 Å². The Morgan fingerprint density at radius 2 is 2.56 bits per heavy atom. The third-order valence-electron chi connectivity index (χ3n) is 0.876. The lowest BCUT2D eigenvalue weighted by Gasteiger charge is -1.74. The molecule has 1 rings (SSSR count). The lowest BCUT2D eigenvalue weighted by molar-refractivity contribution is 0.328. The maximum absolute atomic E-state index is 11.7. The number of aromatic nitrogens is 1. The molecule has 0 saturated carbocycles. The lowest BCUT2D eigenvalue weighted by Crippen LogP contribution is -1.70. The Bertz CT molecular complexity index is 170. The van der Waals surface area contributed by atoms with Gasteiger partial charge in [0.25, 0.3) is 0 Å². The molecule has 1 aromatic heterocycles. The van der Waals surface area contributed by atoms with Crippen LogP contribution in [0.1, 0.15) is 11.5 Å². The predicted octanol–water partition coefficient (Wildman–Crippen LogP) is 2.04. The summed E-state index contributed by atoms with van der Waals surface area (Å²) < 4.78 is 16.3. The highest BCUT2D eigenvalue weighted by molar-refractivity contribution is 9.08. The van der Waals surface area contributed by atoms with Gasteiger partial charge >= 0.3 is 0 Å². The first-order valence-corrected chi connectivity index (χ1v) is 3.55. The fourth-order valence-electron chi connectivity index (χ4n) is 0.482. The molecule has 0 N–H and O–H groups in total. The minimum Gasteiger partial charge on any atom is -0.358 e. The number of hydrogen-bond acceptors (Lipinski definition) is 2. The summed E-state index contributed by atoms with van der Waals surface area (Å²) in [6, 6.07) is 1.58. The molecule has 0 fully saturated rings. The largest absolute Gasteiger partial charge is 0.358 e. The highest BCUT2D eigenvalue weighted by atomic mass is 79.9. The second kappa shape index (κ2) is 2.96. The molecule has 0 radical (unpaired) electrons. The zero-order valence-corrected chi connectivity index (χ0v) is 6.19. The molecular weight excluding hydrogens is 189 g/mol. The van der Waals surface area contributed by atoms with Gasteiger partial charge in [-0.1, -0.05) is 21.1 Å². The van der Waals surface area contributed by atoms with Crippen LogP contribution in [0.3, 0.4) is 0 Å². The summed E-state index contributed by atoms with van der Waals surface area (Å²) in [5.74, 6) is 0.282. The topological polar surface area (TPSA) is 26.0 Å². The molecule has 1 aromatic rings. The second-order valence-electron chi connectivity index (χ2n) is 1.55. The summed E-state index contributed by atoms with van der Waals surface area (Å²) in [7, 11) is 0. The number of rotatable bonds is 2. The molecule has 0 atom stereocenters.